The third-order valence-electron chi connectivity index (χ3n) is 6.35. The zero-order chi connectivity index (χ0) is 28.0. The third-order valence-corrected chi connectivity index (χ3v) is 9.60. The first-order valence-electron chi connectivity index (χ1n) is 11.7. The molecule has 0 bridgehead atoms. The fourth-order valence-electron chi connectivity index (χ4n) is 4.81. The van der Waals surface area contributed by atoms with Crippen LogP contribution in [0.25, 0.3) is 11.1 Å². The zero-order valence-corrected chi connectivity index (χ0v) is 22.3. The molecule has 0 aliphatic carbocycles. The van der Waals surface area contributed by atoms with Crippen molar-refractivity contribution in [3.05, 3.63) is 71.3 Å². The predicted molar refractivity (Wildman–Crippen MR) is 136 cm³/mol. The van der Waals surface area contributed by atoms with Crippen LogP contribution in [0, 0.1) is 0 Å². The molecule has 0 radical (unpaired) electrons. The van der Waals surface area contributed by atoms with E-state index in [-0.39, 0.29) is 18.1 Å². The van der Waals surface area contributed by atoms with Crippen molar-refractivity contribution >= 4 is 13.2 Å². The number of fused-ring (bicyclic) bond motifs is 1. The van der Waals surface area contributed by atoms with Crippen molar-refractivity contribution < 1.29 is 40.6 Å². The number of methoxy groups -OCH3 is 2. The van der Waals surface area contributed by atoms with Gasteiger partial charge in [-0.25, -0.2) is 0 Å². The number of halogens is 6. The zero-order valence-electron chi connectivity index (χ0n) is 21.4. The number of hydrogen-bond donors (Lipinski definition) is 0. The summed E-state index contributed by atoms with van der Waals surface area (Å²) < 4.78 is 98.8. The SMILES string of the molecule is COc1cccc(OC)c1-c1cccc2c1[P@@](C(C)(C)C)[C@H](Cc1ccc(C(F)(F)F)cc1C(F)(F)F)O2. The Balaban J connectivity index is 1.85. The molecule has 1 aliphatic heterocycles. The van der Waals surface area contributed by atoms with E-state index in [1.165, 1.54) is 14.2 Å². The average Bonchev–Trinajstić information content (AvgIpc) is 3.21. The highest BCUT2D eigenvalue weighted by molar-refractivity contribution is 7.68. The molecule has 0 saturated carbocycles. The van der Waals surface area contributed by atoms with Gasteiger partial charge in [-0.3, -0.25) is 0 Å². The number of alkyl halides is 6. The summed E-state index contributed by atoms with van der Waals surface area (Å²) in [5, 5.41) is 0.434. The van der Waals surface area contributed by atoms with Gasteiger partial charge in [0.15, 0.2) is 0 Å². The second-order valence-corrected chi connectivity index (χ2v) is 13.0. The van der Waals surface area contributed by atoms with Gasteiger partial charge in [0.05, 0.1) is 30.9 Å². The molecule has 0 saturated heterocycles. The van der Waals surface area contributed by atoms with E-state index < -0.39 is 42.4 Å². The average molecular weight is 556 g/mol. The smallest absolute Gasteiger partial charge is 0.416 e. The Morgan fingerprint density at radius 1 is 0.816 bits per heavy atom. The molecule has 0 aromatic heterocycles. The van der Waals surface area contributed by atoms with Crippen LogP contribution in [0.4, 0.5) is 26.3 Å². The topological polar surface area (TPSA) is 27.7 Å². The Kier molecular flexibility index (Phi) is 7.38. The molecule has 1 heterocycles. The molecule has 1 aliphatic rings. The molecular formula is C28H27F6O3P. The summed E-state index contributed by atoms with van der Waals surface area (Å²) in [7, 11) is 1.81. The highest BCUT2D eigenvalue weighted by atomic mass is 31.1. The second-order valence-electron chi connectivity index (χ2n) is 9.87. The summed E-state index contributed by atoms with van der Waals surface area (Å²) in [5.74, 6) is 0.959. The van der Waals surface area contributed by atoms with Crippen LogP contribution in [0.15, 0.2) is 54.6 Å². The van der Waals surface area contributed by atoms with Crippen molar-refractivity contribution in [1.82, 2.24) is 0 Å². The summed E-state index contributed by atoms with van der Waals surface area (Å²) in [6.45, 7) is 5.95. The molecule has 0 spiro atoms. The van der Waals surface area contributed by atoms with Crippen molar-refractivity contribution in [2.45, 2.75) is 50.5 Å². The predicted octanol–water partition coefficient (Wildman–Crippen LogP) is 8.28. The first-order valence-corrected chi connectivity index (χ1v) is 13.2. The van der Waals surface area contributed by atoms with E-state index in [2.05, 4.69) is 0 Å². The molecule has 38 heavy (non-hydrogen) atoms. The molecule has 0 fully saturated rings. The molecule has 3 aromatic carbocycles. The van der Waals surface area contributed by atoms with Crippen molar-refractivity contribution in [2.24, 2.45) is 0 Å². The first kappa shape index (κ1) is 28.1. The van der Waals surface area contributed by atoms with Gasteiger partial charge in [0.25, 0.3) is 0 Å². The van der Waals surface area contributed by atoms with E-state index in [0.29, 0.717) is 28.9 Å². The molecule has 4 rings (SSSR count). The van der Waals surface area contributed by atoms with Gasteiger partial charge in [0, 0.05) is 17.3 Å². The second kappa shape index (κ2) is 9.99. The Morgan fingerprint density at radius 3 is 1.95 bits per heavy atom. The molecule has 0 N–H and O–H groups in total. The lowest BCUT2D eigenvalue weighted by atomic mass is 10.0. The number of rotatable bonds is 5. The van der Waals surface area contributed by atoms with Gasteiger partial charge >= 0.3 is 12.4 Å². The summed E-state index contributed by atoms with van der Waals surface area (Å²) in [6, 6.07) is 12.6. The summed E-state index contributed by atoms with van der Waals surface area (Å²) in [5.41, 5.74) is -1.41. The van der Waals surface area contributed by atoms with Gasteiger partial charge in [-0.1, -0.05) is 45.0 Å². The van der Waals surface area contributed by atoms with Gasteiger partial charge in [0.2, 0.25) is 0 Å². The Hall–Kier alpha value is -2.93. The molecule has 2 atom stereocenters. The van der Waals surface area contributed by atoms with E-state index in [9.17, 15) is 26.3 Å². The lowest BCUT2D eigenvalue weighted by molar-refractivity contribution is -0.143. The van der Waals surface area contributed by atoms with E-state index in [4.69, 9.17) is 14.2 Å². The van der Waals surface area contributed by atoms with Gasteiger partial charge in [-0.2, -0.15) is 26.3 Å². The number of hydrogen-bond acceptors (Lipinski definition) is 3. The summed E-state index contributed by atoms with van der Waals surface area (Å²) in [6.07, 6.45) is -10.0. The highest BCUT2D eigenvalue weighted by Gasteiger charge is 2.45. The number of ether oxygens (including phenoxy) is 3. The fraction of sp³-hybridized carbons (Fsp3) is 0.357. The van der Waals surface area contributed by atoms with Crippen LogP contribution < -0.4 is 19.5 Å². The highest BCUT2D eigenvalue weighted by Crippen LogP contribution is 2.61. The molecule has 0 amide bonds. The molecular weight excluding hydrogens is 529 g/mol. The monoisotopic (exact) mass is 556 g/mol. The van der Waals surface area contributed by atoms with Crippen molar-refractivity contribution in [3.8, 4) is 28.4 Å². The molecule has 3 aromatic rings. The maximum atomic E-state index is 13.9. The van der Waals surface area contributed by atoms with Gasteiger partial charge < -0.3 is 14.2 Å². The van der Waals surface area contributed by atoms with Crippen LogP contribution in [0.1, 0.15) is 37.5 Å². The van der Waals surface area contributed by atoms with E-state index in [1.54, 1.807) is 30.3 Å². The number of benzene rings is 3. The standard InChI is InChI=1S/C28H27F6O3P/c1-26(2,3)38-23(14-16-12-13-17(27(29,30)31)15-19(16)28(32,33)34)37-22-11-6-8-18(25(22)38)24-20(35-4)9-7-10-21(24)36-5/h6-13,15,23H,14H2,1-5H3/t23-,38+/m1/s1. The van der Waals surface area contributed by atoms with Crippen LogP contribution in [-0.4, -0.2) is 25.2 Å². The quantitative estimate of drug-likeness (QED) is 0.234. The Labute approximate surface area is 218 Å². The van der Waals surface area contributed by atoms with Crippen LogP contribution in [-0.2, 0) is 18.8 Å². The lowest BCUT2D eigenvalue weighted by Gasteiger charge is -2.33. The first-order chi connectivity index (χ1) is 17.7. The van der Waals surface area contributed by atoms with Crippen LogP contribution in [0.2, 0.25) is 0 Å². The van der Waals surface area contributed by atoms with Crippen molar-refractivity contribution in [3.63, 3.8) is 0 Å². The van der Waals surface area contributed by atoms with Gasteiger partial charge in [0.1, 0.15) is 23.1 Å². The summed E-state index contributed by atoms with van der Waals surface area (Å²) in [4.78, 5) is 0. The van der Waals surface area contributed by atoms with Crippen LogP contribution >= 0.6 is 7.92 Å². The van der Waals surface area contributed by atoms with Crippen molar-refractivity contribution in [1.29, 1.82) is 0 Å². The maximum absolute atomic E-state index is 13.9. The van der Waals surface area contributed by atoms with Crippen molar-refractivity contribution in [2.75, 3.05) is 14.2 Å². The van der Waals surface area contributed by atoms with E-state index in [0.717, 1.165) is 16.9 Å². The van der Waals surface area contributed by atoms with E-state index in [1.807, 2.05) is 26.8 Å². The Morgan fingerprint density at radius 2 is 1.42 bits per heavy atom. The Bertz CT molecular complexity index is 1310. The molecule has 10 heteroatoms. The van der Waals surface area contributed by atoms with E-state index >= 15 is 0 Å². The normalized spacial score (nSPS) is 17.7. The third kappa shape index (κ3) is 5.31. The minimum absolute atomic E-state index is 0.182. The minimum Gasteiger partial charge on any atom is -0.496 e. The maximum Gasteiger partial charge on any atom is 0.416 e. The fourth-order valence-corrected chi connectivity index (χ4v) is 8.04. The van der Waals surface area contributed by atoms with Gasteiger partial charge in [-0.15, -0.1) is 0 Å². The molecule has 0 unspecified atom stereocenters. The molecule has 3 nitrogen and oxygen atoms in total. The largest absolute Gasteiger partial charge is 0.496 e. The summed E-state index contributed by atoms with van der Waals surface area (Å²) >= 11 is 0. The minimum atomic E-state index is -4.96. The van der Waals surface area contributed by atoms with Gasteiger partial charge in [-0.05, 0) is 49.0 Å². The van der Waals surface area contributed by atoms with Crippen LogP contribution in [0.3, 0.4) is 0 Å². The molecule has 204 valence electrons. The lowest BCUT2D eigenvalue weighted by Crippen LogP contribution is -2.27. The van der Waals surface area contributed by atoms with Crippen LogP contribution in [0.5, 0.6) is 17.2 Å².